The largest absolute Gasteiger partial charge is 0.452 e. The zero-order chi connectivity index (χ0) is 18.4. The summed E-state index contributed by atoms with van der Waals surface area (Å²) < 4.78 is 32.6. The van der Waals surface area contributed by atoms with Gasteiger partial charge in [-0.05, 0) is 31.2 Å². The second-order valence-electron chi connectivity index (χ2n) is 4.92. The molecule has 0 spiro atoms. The number of hydrogen-bond acceptors (Lipinski definition) is 5. The minimum atomic E-state index is -1.18. The van der Waals surface area contributed by atoms with E-state index in [4.69, 9.17) is 16.3 Å². The van der Waals surface area contributed by atoms with Gasteiger partial charge in [0.15, 0.2) is 6.10 Å². The lowest BCUT2D eigenvalue weighted by molar-refractivity contribution is -0.150. The SMILES string of the molecule is C[C@H](OC(=O)CSCc1ccc(Cl)s1)C(=O)Nc1c(F)cccc1F. The van der Waals surface area contributed by atoms with Crippen LogP contribution in [0.2, 0.25) is 4.34 Å². The fraction of sp³-hybridized carbons (Fsp3) is 0.250. The lowest BCUT2D eigenvalue weighted by atomic mass is 10.2. The first kappa shape index (κ1) is 19.7. The molecule has 2 aromatic rings. The molecule has 1 aromatic carbocycles. The lowest BCUT2D eigenvalue weighted by Gasteiger charge is -2.14. The van der Waals surface area contributed by atoms with Gasteiger partial charge >= 0.3 is 5.97 Å². The van der Waals surface area contributed by atoms with E-state index in [0.717, 1.165) is 17.0 Å². The molecule has 1 heterocycles. The van der Waals surface area contributed by atoms with Gasteiger partial charge in [0.05, 0.1) is 10.1 Å². The van der Waals surface area contributed by atoms with Crippen molar-refractivity contribution in [3.63, 3.8) is 0 Å². The first-order valence-corrected chi connectivity index (χ1v) is 9.48. The molecule has 0 unspecified atom stereocenters. The molecule has 1 N–H and O–H groups in total. The molecule has 0 bridgehead atoms. The van der Waals surface area contributed by atoms with Crippen molar-refractivity contribution in [3.05, 3.63) is 51.2 Å². The number of hydrogen-bond donors (Lipinski definition) is 1. The summed E-state index contributed by atoms with van der Waals surface area (Å²) in [5.41, 5.74) is -0.570. The summed E-state index contributed by atoms with van der Waals surface area (Å²) in [6.45, 7) is 1.33. The van der Waals surface area contributed by atoms with Gasteiger partial charge in [-0.1, -0.05) is 17.7 Å². The number of ether oxygens (including phenoxy) is 1. The highest BCUT2D eigenvalue weighted by atomic mass is 35.5. The predicted molar refractivity (Wildman–Crippen MR) is 96.0 cm³/mol. The number of nitrogens with one attached hydrogen (secondary N) is 1. The van der Waals surface area contributed by atoms with Crippen molar-refractivity contribution >= 4 is 52.3 Å². The number of thioether (sulfide) groups is 1. The maximum atomic E-state index is 13.5. The minimum Gasteiger partial charge on any atom is -0.452 e. The van der Waals surface area contributed by atoms with E-state index < -0.39 is 35.3 Å². The molecule has 2 rings (SSSR count). The maximum Gasteiger partial charge on any atom is 0.316 e. The van der Waals surface area contributed by atoms with Crippen molar-refractivity contribution in [1.29, 1.82) is 0 Å². The van der Waals surface area contributed by atoms with Gasteiger partial charge in [-0.15, -0.1) is 23.1 Å². The van der Waals surface area contributed by atoms with Crippen molar-refractivity contribution in [1.82, 2.24) is 0 Å². The first-order chi connectivity index (χ1) is 11.9. The Labute approximate surface area is 156 Å². The van der Waals surface area contributed by atoms with Crippen LogP contribution in [0.15, 0.2) is 30.3 Å². The van der Waals surface area contributed by atoms with Gasteiger partial charge in [0.2, 0.25) is 0 Å². The van der Waals surface area contributed by atoms with Gasteiger partial charge in [0.25, 0.3) is 5.91 Å². The summed E-state index contributed by atoms with van der Waals surface area (Å²) >= 11 is 8.55. The second kappa shape index (κ2) is 9.17. The Morgan fingerprint density at radius 3 is 2.56 bits per heavy atom. The average molecular weight is 406 g/mol. The fourth-order valence-electron chi connectivity index (χ4n) is 1.79. The van der Waals surface area contributed by atoms with Crippen LogP contribution in [0, 0.1) is 11.6 Å². The maximum absolute atomic E-state index is 13.5. The van der Waals surface area contributed by atoms with Gasteiger partial charge in [0.1, 0.15) is 17.3 Å². The molecule has 4 nitrogen and oxygen atoms in total. The predicted octanol–water partition coefficient (Wildman–Crippen LogP) is 4.48. The van der Waals surface area contributed by atoms with E-state index in [0.29, 0.717) is 10.1 Å². The molecule has 9 heteroatoms. The Kier molecular flexibility index (Phi) is 7.22. The smallest absolute Gasteiger partial charge is 0.316 e. The van der Waals surface area contributed by atoms with Crippen LogP contribution in [0.3, 0.4) is 0 Å². The zero-order valence-corrected chi connectivity index (χ0v) is 15.4. The van der Waals surface area contributed by atoms with Gasteiger partial charge in [-0.3, -0.25) is 9.59 Å². The first-order valence-electron chi connectivity index (χ1n) is 7.13. The third kappa shape index (κ3) is 5.98. The number of carbonyl (C=O) groups excluding carboxylic acids is 2. The number of carbonyl (C=O) groups is 2. The Balaban J connectivity index is 1.79. The van der Waals surface area contributed by atoms with Gasteiger partial charge in [-0.2, -0.15) is 0 Å². The van der Waals surface area contributed by atoms with Crippen molar-refractivity contribution < 1.29 is 23.1 Å². The molecule has 0 aliphatic rings. The Hall–Kier alpha value is -1.64. The lowest BCUT2D eigenvalue weighted by Crippen LogP contribution is -2.31. The van der Waals surface area contributed by atoms with Crippen LogP contribution in [0.5, 0.6) is 0 Å². The number of anilines is 1. The summed E-state index contributed by atoms with van der Waals surface area (Å²) in [5, 5.41) is 2.08. The molecular formula is C16H14ClF2NO3S2. The molecule has 25 heavy (non-hydrogen) atoms. The second-order valence-corrected chi connectivity index (χ2v) is 7.70. The third-order valence-electron chi connectivity index (χ3n) is 2.98. The monoisotopic (exact) mass is 405 g/mol. The van der Waals surface area contributed by atoms with E-state index >= 15 is 0 Å². The van der Waals surface area contributed by atoms with E-state index in [-0.39, 0.29) is 5.75 Å². The number of benzene rings is 1. The average Bonchev–Trinajstić information content (AvgIpc) is 2.96. The number of esters is 1. The standard InChI is InChI=1S/C16H14ClF2NO3S2/c1-9(16(22)20-15-11(18)3-2-4-12(15)19)23-14(21)8-24-7-10-5-6-13(17)25-10/h2-6,9H,7-8H2,1H3,(H,20,22)/t9-/m0/s1. The highest BCUT2D eigenvalue weighted by molar-refractivity contribution is 7.99. The summed E-state index contributed by atoms with van der Waals surface area (Å²) in [5.74, 6) is -2.58. The van der Waals surface area contributed by atoms with E-state index in [2.05, 4.69) is 5.32 Å². The van der Waals surface area contributed by atoms with Crippen LogP contribution in [0.1, 0.15) is 11.8 Å². The topological polar surface area (TPSA) is 55.4 Å². The molecule has 0 aliphatic carbocycles. The number of thiophene rings is 1. The fourth-order valence-corrected chi connectivity index (χ4v) is 3.79. The van der Waals surface area contributed by atoms with Crippen molar-refractivity contribution in [2.75, 3.05) is 11.1 Å². The summed E-state index contributed by atoms with van der Waals surface area (Å²) in [6.07, 6.45) is -1.18. The molecule has 0 saturated heterocycles. The number of rotatable bonds is 7. The van der Waals surface area contributed by atoms with Crippen LogP contribution in [-0.2, 0) is 20.1 Å². The van der Waals surface area contributed by atoms with Crippen molar-refractivity contribution in [2.24, 2.45) is 0 Å². The molecule has 134 valence electrons. The third-order valence-corrected chi connectivity index (χ3v) is 5.35. The quantitative estimate of drug-likeness (QED) is 0.690. The normalized spacial score (nSPS) is 11.8. The molecule has 0 fully saturated rings. The van der Waals surface area contributed by atoms with Crippen LogP contribution in [0.4, 0.5) is 14.5 Å². The van der Waals surface area contributed by atoms with Gasteiger partial charge < -0.3 is 10.1 Å². The number of amides is 1. The minimum absolute atomic E-state index is 0.0429. The molecule has 1 atom stereocenters. The van der Waals surface area contributed by atoms with Gasteiger partial charge in [0, 0.05) is 10.6 Å². The number of para-hydroxylation sites is 1. The van der Waals surface area contributed by atoms with E-state index in [9.17, 15) is 18.4 Å². The van der Waals surface area contributed by atoms with Gasteiger partial charge in [-0.25, -0.2) is 8.78 Å². The summed E-state index contributed by atoms with van der Waals surface area (Å²) in [6, 6.07) is 6.85. The molecule has 0 aliphatic heterocycles. The molecule has 0 radical (unpaired) electrons. The van der Waals surface area contributed by atoms with Crippen LogP contribution in [0.25, 0.3) is 0 Å². The van der Waals surface area contributed by atoms with E-state index in [1.807, 2.05) is 6.07 Å². The Morgan fingerprint density at radius 1 is 1.28 bits per heavy atom. The Morgan fingerprint density at radius 2 is 1.96 bits per heavy atom. The van der Waals surface area contributed by atoms with Crippen molar-refractivity contribution in [3.8, 4) is 0 Å². The van der Waals surface area contributed by atoms with E-state index in [1.54, 1.807) is 6.07 Å². The molecule has 1 aromatic heterocycles. The number of halogens is 3. The molecule has 0 saturated carbocycles. The van der Waals surface area contributed by atoms with Crippen molar-refractivity contribution in [2.45, 2.75) is 18.8 Å². The molecular weight excluding hydrogens is 392 g/mol. The van der Waals surface area contributed by atoms with Crippen LogP contribution in [-0.4, -0.2) is 23.7 Å². The molecule has 1 amide bonds. The van der Waals surface area contributed by atoms with Crippen LogP contribution >= 0.6 is 34.7 Å². The van der Waals surface area contributed by atoms with Crippen LogP contribution < -0.4 is 5.32 Å². The highest BCUT2D eigenvalue weighted by Gasteiger charge is 2.20. The zero-order valence-electron chi connectivity index (χ0n) is 13.1. The highest BCUT2D eigenvalue weighted by Crippen LogP contribution is 2.25. The summed E-state index contributed by atoms with van der Waals surface area (Å²) in [4.78, 5) is 24.7. The van der Waals surface area contributed by atoms with E-state index in [1.165, 1.54) is 36.1 Å². The Bertz CT molecular complexity index is 749. The summed E-state index contributed by atoms with van der Waals surface area (Å²) in [7, 11) is 0.